The molecule has 1 N–H and O–H groups in total. The molecule has 0 atom stereocenters. The van der Waals surface area contributed by atoms with Crippen LogP contribution in [0.3, 0.4) is 0 Å². The lowest BCUT2D eigenvalue weighted by Gasteiger charge is -2.10. The molecule has 0 aromatic heterocycles. The third-order valence-corrected chi connectivity index (χ3v) is 1.59. The van der Waals surface area contributed by atoms with E-state index in [0.717, 1.165) is 11.4 Å². The maximum atomic E-state index is 5.42. The van der Waals surface area contributed by atoms with Gasteiger partial charge in [-0.1, -0.05) is 12.1 Å². The van der Waals surface area contributed by atoms with Crippen molar-refractivity contribution in [2.45, 2.75) is 6.92 Å². The van der Waals surface area contributed by atoms with Gasteiger partial charge in [0.05, 0.1) is 12.3 Å². The van der Waals surface area contributed by atoms with E-state index >= 15 is 0 Å². The molecule has 1 rings (SSSR count). The van der Waals surface area contributed by atoms with Crippen molar-refractivity contribution in [2.24, 2.45) is 0 Å². The third kappa shape index (κ3) is 2.95. The monoisotopic (exact) mass is 181 g/mol. The van der Waals surface area contributed by atoms with Gasteiger partial charge in [-0.25, -0.2) is 0 Å². The Morgan fingerprint density at radius 1 is 1.31 bits per heavy atom. The minimum atomic E-state index is 0.490. The lowest BCUT2D eigenvalue weighted by Crippen LogP contribution is -2.05. The summed E-state index contributed by atoms with van der Waals surface area (Å²) in [6, 6.07) is 7.80. The number of nitrogens with one attached hydrogen (secondary N) is 1. The molecule has 0 aliphatic carbocycles. The van der Waals surface area contributed by atoms with Gasteiger partial charge in [0.2, 0.25) is 0 Å². The first-order valence-corrected chi connectivity index (χ1v) is 4.33. The second-order valence-corrected chi connectivity index (χ2v) is 2.54. The highest BCUT2D eigenvalue weighted by molar-refractivity contribution is 5.55. The van der Waals surface area contributed by atoms with E-state index < -0.39 is 0 Å². The predicted molar refractivity (Wildman–Crippen MR) is 53.1 cm³/mol. The molecule has 13 heavy (non-hydrogen) atoms. The number of rotatable bonds is 5. The van der Waals surface area contributed by atoms with Crippen LogP contribution in [0.1, 0.15) is 6.92 Å². The molecule has 3 heteroatoms. The smallest absolute Gasteiger partial charge is 0.142 e. The molecule has 0 heterocycles. The van der Waals surface area contributed by atoms with Gasteiger partial charge in [-0.3, -0.25) is 0 Å². The fraction of sp³-hybridized carbons (Fsp3) is 0.400. The average molecular weight is 181 g/mol. The van der Waals surface area contributed by atoms with E-state index in [9.17, 15) is 0 Å². The SMILES string of the molecule is CCOc1ccccc1NCOC. The Morgan fingerprint density at radius 3 is 2.77 bits per heavy atom. The van der Waals surface area contributed by atoms with Crippen molar-refractivity contribution >= 4 is 5.69 Å². The van der Waals surface area contributed by atoms with Gasteiger partial charge in [0.1, 0.15) is 12.5 Å². The van der Waals surface area contributed by atoms with Gasteiger partial charge in [-0.2, -0.15) is 0 Å². The quantitative estimate of drug-likeness (QED) is 0.706. The Balaban J connectivity index is 2.66. The van der Waals surface area contributed by atoms with Crippen LogP contribution in [0.25, 0.3) is 0 Å². The predicted octanol–water partition coefficient (Wildman–Crippen LogP) is 2.10. The summed E-state index contributed by atoms with van der Waals surface area (Å²) in [5.41, 5.74) is 0.964. The van der Waals surface area contributed by atoms with E-state index in [0.29, 0.717) is 13.3 Å². The normalized spacial score (nSPS) is 9.69. The molecule has 0 saturated carbocycles. The van der Waals surface area contributed by atoms with E-state index in [2.05, 4.69) is 5.32 Å². The maximum absolute atomic E-state index is 5.42. The summed E-state index contributed by atoms with van der Waals surface area (Å²) in [7, 11) is 1.65. The highest BCUT2D eigenvalue weighted by atomic mass is 16.5. The van der Waals surface area contributed by atoms with Crippen molar-refractivity contribution in [3.63, 3.8) is 0 Å². The second kappa shape index (κ2) is 5.43. The minimum Gasteiger partial charge on any atom is -0.492 e. The highest BCUT2D eigenvalue weighted by Crippen LogP contribution is 2.23. The van der Waals surface area contributed by atoms with E-state index in [1.165, 1.54) is 0 Å². The second-order valence-electron chi connectivity index (χ2n) is 2.54. The molecular formula is C10H15NO2. The zero-order chi connectivity index (χ0) is 9.52. The van der Waals surface area contributed by atoms with Crippen molar-refractivity contribution in [2.75, 3.05) is 25.8 Å². The van der Waals surface area contributed by atoms with Gasteiger partial charge in [0.15, 0.2) is 0 Å². The van der Waals surface area contributed by atoms with Crippen molar-refractivity contribution in [1.82, 2.24) is 0 Å². The van der Waals surface area contributed by atoms with Crippen molar-refractivity contribution < 1.29 is 9.47 Å². The first-order valence-electron chi connectivity index (χ1n) is 4.33. The van der Waals surface area contributed by atoms with Crippen LogP contribution in [0.2, 0.25) is 0 Å². The van der Waals surface area contributed by atoms with Gasteiger partial charge < -0.3 is 14.8 Å². The van der Waals surface area contributed by atoms with Crippen LogP contribution >= 0.6 is 0 Å². The lowest BCUT2D eigenvalue weighted by atomic mass is 10.3. The van der Waals surface area contributed by atoms with Gasteiger partial charge in [0, 0.05) is 7.11 Å². The molecular weight excluding hydrogens is 166 g/mol. The minimum absolute atomic E-state index is 0.490. The van der Waals surface area contributed by atoms with Crippen molar-refractivity contribution in [1.29, 1.82) is 0 Å². The summed E-state index contributed by atoms with van der Waals surface area (Å²) in [6.07, 6.45) is 0. The molecule has 0 aliphatic rings. The molecule has 0 saturated heterocycles. The van der Waals surface area contributed by atoms with Gasteiger partial charge in [-0.05, 0) is 19.1 Å². The Bertz CT molecular complexity index is 250. The van der Waals surface area contributed by atoms with E-state index in [-0.39, 0.29) is 0 Å². The Hall–Kier alpha value is -1.22. The fourth-order valence-electron chi connectivity index (χ4n) is 1.04. The molecule has 0 aliphatic heterocycles. The number of ether oxygens (including phenoxy) is 2. The van der Waals surface area contributed by atoms with Crippen LogP contribution in [-0.4, -0.2) is 20.4 Å². The molecule has 0 amide bonds. The number of anilines is 1. The molecule has 1 aromatic carbocycles. The van der Waals surface area contributed by atoms with E-state index in [4.69, 9.17) is 9.47 Å². The summed E-state index contributed by atoms with van der Waals surface area (Å²) < 4.78 is 10.3. The Morgan fingerprint density at radius 2 is 2.08 bits per heavy atom. The van der Waals surface area contributed by atoms with Crippen molar-refractivity contribution in [3.05, 3.63) is 24.3 Å². The van der Waals surface area contributed by atoms with Crippen LogP contribution < -0.4 is 10.1 Å². The van der Waals surface area contributed by atoms with Gasteiger partial charge in [0.25, 0.3) is 0 Å². The number of methoxy groups -OCH3 is 1. The van der Waals surface area contributed by atoms with Gasteiger partial charge in [-0.15, -0.1) is 0 Å². The molecule has 3 nitrogen and oxygen atoms in total. The Kier molecular flexibility index (Phi) is 4.12. The third-order valence-electron chi connectivity index (χ3n) is 1.59. The van der Waals surface area contributed by atoms with Crippen LogP contribution in [0.15, 0.2) is 24.3 Å². The standard InChI is InChI=1S/C10H15NO2/c1-3-13-10-7-5-4-6-9(10)11-8-12-2/h4-7,11H,3,8H2,1-2H3. The molecule has 0 unspecified atom stereocenters. The first kappa shape index (κ1) is 9.86. The molecule has 1 aromatic rings. The zero-order valence-corrected chi connectivity index (χ0v) is 8.04. The zero-order valence-electron chi connectivity index (χ0n) is 8.04. The summed E-state index contributed by atoms with van der Waals surface area (Å²) in [5, 5.41) is 3.10. The summed E-state index contributed by atoms with van der Waals surface area (Å²) >= 11 is 0. The fourth-order valence-corrected chi connectivity index (χ4v) is 1.04. The summed E-state index contributed by atoms with van der Waals surface area (Å²) in [6.45, 7) is 3.13. The summed E-state index contributed by atoms with van der Waals surface area (Å²) in [5.74, 6) is 0.863. The molecule has 0 spiro atoms. The van der Waals surface area contributed by atoms with Crippen LogP contribution in [0, 0.1) is 0 Å². The van der Waals surface area contributed by atoms with Gasteiger partial charge >= 0.3 is 0 Å². The topological polar surface area (TPSA) is 30.5 Å². The van der Waals surface area contributed by atoms with E-state index in [1.807, 2.05) is 31.2 Å². The van der Waals surface area contributed by atoms with Crippen LogP contribution in [0.4, 0.5) is 5.69 Å². The number of benzene rings is 1. The number of hydrogen-bond donors (Lipinski definition) is 1. The largest absolute Gasteiger partial charge is 0.492 e. The molecule has 72 valence electrons. The molecule has 0 bridgehead atoms. The van der Waals surface area contributed by atoms with E-state index in [1.54, 1.807) is 7.11 Å². The van der Waals surface area contributed by atoms with Crippen molar-refractivity contribution in [3.8, 4) is 5.75 Å². The first-order chi connectivity index (χ1) is 6.38. The van der Waals surface area contributed by atoms with Crippen LogP contribution in [0.5, 0.6) is 5.75 Å². The summed E-state index contributed by atoms with van der Waals surface area (Å²) in [4.78, 5) is 0. The molecule has 0 fully saturated rings. The Labute approximate surface area is 78.7 Å². The lowest BCUT2D eigenvalue weighted by molar-refractivity contribution is 0.220. The highest BCUT2D eigenvalue weighted by Gasteiger charge is 1.99. The average Bonchev–Trinajstić information content (AvgIpc) is 2.17. The molecule has 0 radical (unpaired) electrons. The maximum Gasteiger partial charge on any atom is 0.142 e. The number of hydrogen-bond acceptors (Lipinski definition) is 3. The van der Waals surface area contributed by atoms with Crippen LogP contribution in [-0.2, 0) is 4.74 Å². The number of para-hydroxylation sites is 2.